The molecule has 0 bridgehead atoms. The number of hydrogen-bond donors (Lipinski definition) is 1. The van der Waals surface area contributed by atoms with Gasteiger partial charge in [-0.25, -0.2) is 0 Å². The van der Waals surface area contributed by atoms with E-state index in [0.717, 1.165) is 4.34 Å². The lowest BCUT2D eigenvalue weighted by Crippen LogP contribution is -2.12. The van der Waals surface area contributed by atoms with Crippen LogP contribution in [0.2, 0.25) is 0 Å². The van der Waals surface area contributed by atoms with E-state index in [1.54, 1.807) is 30.0 Å². The molecular formula is C16H21N3O3S2. The summed E-state index contributed by atoms with van der Waals surface area (Å²) >= 11 is 2.98. The third-order valence-electron chi connectivity index (χ3n) is 2.77. The number of hydrogen-bond acceptors (Lipinski definition) is 7. The molecule has 0 aliphatic heterocycles. The van der Waals surface area contributed by atoms with Gasteiger partial charge in [-0.05, 0) is 32.0 Å². The number of benzene rings is 1. The van der Waals surface area contributed by atoms with Gasteiger partial charge >= 0.3 is 0 Å². The van der Waals surface area contributed by atoms with E-state index >= 15 is 0 Å². The summed E-state index contributed by atoms with van der Waals surface area (Å²) in [7, 11) is 0. The highest BCUT2D eigenvalue weighted by molar-refractivity contribution is 8.01. The fourth-order valence-corrected chi connectivity index (χ4v) is 3.84. The largest absolute Gasteiger partial charge is 0.490 e. The third-order valence-corrected chi connectivity index (χ3v) is 4.70. The lowest BCUT2D eigenvalue weighted by molar-refractivity contribution is 0.102. The molecule has 0 aliphatic carbocycles. The van der Waals surface area contributed by atoms with E-state index in [4.69, 9.17) is 9.47 Å². The molecule has 1 heterocycles. The van der Waals surface area contributed by atoms with Crippen molar-refractivity contribution in [2.24, 2.45) is 0 Å². The van der Waals surface area contributed by atoms with Gasteiger partial charge in [-0.2, -0.15) is 0 Å². The van der Waals surface area contributed by atoms with Crippen molar-refractivity contribution in [1.29, 1.82) is 0 Å². The SMILES string of the molecule is CCOc1ccc(C(=O)Nc2nnc(SC(C)C)s2)cc1OCC. The van der Waals surface area contributed by atoms with Crippen LogP contribution in [0.5, 0.6) is 11.5 Å². The average Bonchev–Trinajstić information content (AvgIpc) is 2.95. The quantitative estimate of drug-likeness (QED) is 0.560. The summed E-state index contributed by atoms with van der Waals surface area (Å²) in [4.78, 5) is 12.4. The van der Waals surface area contributed by atoms with E-state index in [-0.39, 0.29) is 5.91 Å². The van der Waals surface area contributed by atoms with E-state index in [0.29, 0.717) is 40.7 Å². The summed E-state index contributed by atoms with van der Waals surface area (Å²) in [6.07, 6.45) is 0. The monoisotopic (exact) mass is 367 g/mol. The minimum Gasteiger partial charge on any atom is -0.490 e. The first-order valence-electron chi connectivity index (χ1n) is 7.74. The Morgan fingerprint density at radius 1 is 1.21 bits per heavy atom. The Kier molecular flexibility index (Phi) is 6.86. The number of thioether (sulfide) groups is 1. The number of nitrogens with zero attached hydrogens (tertiary/aromatic N) is 2. The second-order valence-electron chi connectivity index (χ2n) is 5.02. The Morgan fingerprint density at radius 3 is 2.58 bits per heavy atom. The molecule has 1 N–H and O–H groups in total. The maximum Gasteiger partial charge on any atom is 0.257 e. The average molecular weight is 367 g/mol. The van der Waals surface area contributed by atoms with Crippen molar-refractivity contribution in [3.8, 4) is 11.5 Å². The Morgan fingerprint density at radius 2 is 1.92 bits per heavy atom. The van der Waals surface area contributed by atoms with Gasteiger partial charge < -0.3 is 9.47 Å². The van der Waals surface area contributed by atoms with Gasteiger partial charge in [-0.1, -0.05) is 36.9 Å². The van der Waals surface area contributed by atoms with Gasteiger partial charge in [0.25, 0.3) is 5.91 Å². The highest BCUT2D eigenvalue weighted by atomic mass is 32.2. The topological polar surface area (TPSA) is 73.3 Å². The van der Waals surface area contributed by atoms with Gasteiger partial charge in [0.15, 0.2) is 15.8 Å². The first-order chi connectivity index (χ1) is 11.5. The predicted molar refractivity (Wildman–Crippen MR) is 97.6 cm³/mol. The molecule has 0 fully saturated rings. The Hall–Kier alpha value is -1.80. The fourth-order valence-electron chi connectivity index (χ4n) is 1.87. The van der Waals surface area contributed by atoms with Crippen molar-refractivity contribution in [3.05, 3.63) is 23.8 Å². The van der Waals surface area contributed by atoms with Crippen LogP contribution in [0.3, 0.4) is 0 Å². The van der Waals surface area contributed by atoms with Crippen LogP contribution in [0, 0.1) is 0 Å². The van der Waals surface area contributed by atoms with Crippen LogP contribution in [0.25, 0.3) is 0 Å². The number of amides is 1. The summed E-state index contributed by atoms with van der Waals surface area (Å²) in [5, 5.41) is 11.7. The van der Waals surface area contributed by atoms with E-state index in [1.165, 1.54) is 11.3 Å². The van der Waals surface area contributed by atoms with Crippen LogP contribution >= 0.6 is 23.1 Å². The lowest BCUT2D eigenvalue weighted by Gasteiger charge is -2.12. The second-order valence-corrected chi connectivity index (χ2v) is 7.82. The highest BCUT2D eigenvalue weighted by Crippen LogP contribution is 2.30. The molecule has 1 amide bonds. The second kappa shape index (κ2) is 8.89. The minimum absolute atomic E-state index is 0.253. The van der Waals surface area contributed by atoms with Crippen LogP contribution in [0.4, 0.5) is 5.13 Å². The first-order valence-corrected chi connectivity index (χ1v) is 9.44. The van der Waals surface area contributed by atoms with Crippen molar-refractivity contribution in [2.45, 2.75) is 37.3 Å². The van der Waals surface area contributed by atoms with Crippen molar-refractivity contribution >= 4 is 34.1 Å². The first kappa shape index (κ1) is 18.5. The predicted octanol–water partition coefficient (Wildman–Crippen LogP) is 4.09. The lowest BCUT2D eigenvalue weighted by atomic mass is 10.2. The van der Waals surface area contributed by atoms with Crippen molar-refractivity contribution in [2.75, 3.05) is 18.5 Å². The van der Waals surface area contributed by atoms with Crippen molar-refractivity contribution in [3.63, 3.8) is 0 Å². The van der Waals surface area contributed by atoms with Crippen molar-refractivity contribution < 1.29 is 14.3 Å². The summed E-state index contributed by atoms with van der Waals surface area (Å²) in [5.41, 5.74) is 0.482. The zero-order chi connectivity index (χ0) is 17.5. The van der Waals surface area contributed by atoms with Gasteiger partial charge in [0.2, 0.25) is 5.13 Å². The highest BCUT2D eigenvalue weighted by Gasteiger charge is 2.14. The standard InChI is InChI=1S/C16H21N3O3S2/c1-5-21-12-8-7-11(9-13(12)22-6-2)14(20)17-15-18-19-16(24-15)23-10(3)4/h7-10H,5-6H2,1-4H3,(H,17,18,20). The van der Waals surface area contributed by atoms with E-state index in [9.17, 15) is 4.79 Å². The van der Waals surface area contributed by atoms with E-state index < -0.39 is 0 Å². The third kappa shape index (κ3) is 5.10. The normalized spacial score (nSPS) is 10.7. The van der Waals surface area contributed by atoms with Gasteiger partial charge in [0.1, 0.15) is 0 Å². The number of ether oxygens (including phenoxy) is 2. The zero-order valence-corrected chi connectivity index (χ0v) is 15.8. The summed E-state index contributed by atoms with van der Waals surface area (Å²) in [5.74, 6) is 0.930. The fraction of sp³-hybridized carbons (Fsp3) is 0.438. The Bertz CT molecular complexity index is 689. The maximum absolute atomic E-state index is 12.4. The van der Waals surface area contributed by atoms with E-state index in [2.05, 4.69) is 29.4 Å². The summed E-state index contributed by atoms with van der Waals surface area (Å²) in [6, 6.07) is 5.12. The number of aromatic nitrogens is 2. The molecule has 2 rings (SSSR count). The van der Waals surface area contributed by atoms with Crippen LogP contribution in [0.1, 0.15) is 38.1 Å². The van der Waals surface area contributed by atoms with E-state index in [1.807, 2.05) is 13.8 Å². The van der Waals surface area contributed by atoms with Crippen LogP contribution in [-0.2, 0) is 0 Å². The van der Waals surface area contributed by atoms with Gasteiger partial charge in [0, 0.05) is 10.8 Å². The summed E-state index contributed by atoms with van der Waals surface area (Å²) < 4.78 is 11.9. The van der Waals surface area contributed by atoms with Gasteiger partial charge in [-0.3, -0.25) is 10.1 Å². The maximum atomic E-state index is 12.4. The molecule has 0 radical (unpaired) electrons. The molecule has 8 heteroatoms. The molecule has 1 aromatic heterocycles. The molecule has 0 aliphatic rings. The van der Waals surface area contributed by atoms with Crippen LogP contribution < -0.4 is 14.8 Å². The van der Waals surface area contributed by atoms with Crippen LogP contribution in [-0.4, -0.2) is 34.6 Å². The summed E-state index contributed by atoms with van der Waals surface area (Å²) in [6.45, 7) is 8.99. The Balaban J connectivity index is 2.11. The number of nitrogens with one attached hydrogen (secondary N) is 1. The Labute approximate surface area is 150 Å². The van der Waals surface area contributed by atoms with Crippen molar-refractivity contribution in [1.82, 2.24) is 10.2 Å². The minimum atomic E-state index is -0.253. The van der Waals surface area contributed by atoms with Gasteiger partial charge in [-0.15, -0.1) is 10.2 Å². The molecule has 1 aromatic carbocycles. The smallest absolute Gasteiger partial charge is 0.257 e. The molecule has 2 aromatic rings. The number of anilines is 1. The molecule has 6 nitrogen and oxygen atoms in total. The van der Waals surface area contributed by atoms with Gasteiger partial charge in [0.05, 0.1) is 13.2 Å². The number of carbonyl (C=O) groups is 1. The molecule has 24 heavy (non-hydrogen) atoms. The molecule has 0 spiro atoms. The molecule has 0 unspecified atom stereocenters. The number of carbonyl (C=O) groups excluding carboxylic acids is 1. The molecule has 0 atom stereocenters. The molecular weight excluding hydrogens is 346 g/mol. The number of rotatable bonds is 8. The molecule has 0 saturated carbocycles. The molecule has 130 valence electrons. The van der Waals surface area contributed by atoms with Crippen LogP contribution in [0.15, 0.2) is 22.5 Å². The zero-order valence-electron chi connectivity index (χ0n) is 14.2. The molecule has 0 saturated heterocycles.